The second kappa shape index (κ2) is 17.2. The normalized spacial score (nSPS) is 23.0. The topological polar surface area (TPSA) is 36.5 Å². The van der Waals surface area contributed by atoms with E-state index in [4.69, 9.17) is 4.74 Å². The first kappa shape index (κ1) is 36.0. The number of hydrogen-bond acceptors (Lipinski definition) is 4. The van der Waals surface area contributed by atoms with Gasteiger partial charge in [-0.3, -0.25) is 5.43 Å². The maximum Gasteiger partial charge on any atom is 0.0611 e. The summed E-state index contributed by atoms with van der Waals surface area (Å²) in [7, 11) is 0. The van der Waals surface area contributed by atoms with E-state index in [0.29, 0.717) is 12.1 Å². The number of rotatable bonds is 20. The van der Waals surface area contributed by atoms with Gasteiger partial charge in [0.2, 0.25) is 0 Å². The largest absolute Gasteiger partial charge is 0.378 e. The molecule has 0 bridgehead atoms. The Bertz CT molecular complexity index is 637. The van der Waals surface area contributed by atoms with Crippen molar-refractivity contribution in [3.05, 3.63) is 0 Å². The van der Waals surface area contributed by atoms with E-state index in [0.717, 1.165) is 32.3 Å². The van der Waals surface area contributed by atoms with Gasteiger partial charge in [0.15, 0.2) is 0 Å². The molecule has 2 fully saturated rings. The molecule has 238 valence electrons. The molecule has 4 nitrogen and oxygen atoms in total. The molecule has 2 saturated heterocycles. The SMILES string of the molecule is CCCCCCCCCCCCCCCCCCOC1CC(C)(C)N(NC2CC(C)(C)NC(C)(C)C2)C(C)(C)C1. The highest BCUT2D eigenvalue weighted by molar-refractivity contribution is 5.03. The molecule has 0 amide bonds. The molecule has 2 N–H and O–H groups in total. The summed E-state index contributed by atoms with van der Waals surface area (Å²) in [4.78, 5) is 0. The Morgan fingerprint density at radius 2 is 0.950 bits per heavy atom. The van der Waals surface area contributed by atoms with Crippen molar-refractivity contribution in [3.63, 3.8) is 0 Å². The van der Waals surface area contributed by atoms with Gasteiger partial charge in [0, 0.05) is 34.8 Å². The van der Waals surface area contributed by atoms with Gasteiger partial charge in [0.1, 0.15) is 0 Å². The molecular formula is C36H73N3O. The van der Waals surface area contributed by atoms with Crippen molar-refractivity contribution < 1.29 is 4.74 Å². The number of hydrogen-bond donors (Lipinski definition) is 2. The van der Waals surface area contributed by atoms with Gasteiger partial charge in [-0.15, -0.1) is 0 Å². The Morgan fingerprint density at radius 3 is 1.35 bits per heavy atom. The first-order valence-electron chi connectivity index (χ1n) is 17.7. The molecule has 0 spiro atoms. The number of nitrogens with one attached hydrogen (secondary N) is 2. The fourth-order valence-electron chi connectivity index (χ4n) is 8.15. The van der Waals surface area contributed by atoms with Crippen molar-refractivity contribution >= 4 is 0 Å². The number of piperidine rings is 2. The van der Waals surface area contributed by atoms with Crippen LogP contribution in [0.3, 0.4) is 0 Å². The molecule has 0 saturated carbocycles. The second-order valence-corrected chi connectivity index (χ2v) is 16.3. The van der Waals surface area contributed by atoms with Crippen molar-refractivity contribution in [2.24, 2.45) is 0 Å². The van der Waals surface area contributed by atoms with E-state index in [1.165, 1.54) is 103 Å². The van der Waals surface area contributed by atoms with E-state index >= 15 is 0 Å². The van der Waals surface area contributed by atoms with Gasteiger partial charge >= 0.3 is 0 Å². The molecule has 0 aliphatic carbocycles. The lowest BCUT2D eigenvalue weighted by Crippen LogP contribution is -2.71. The molecule has 2 aliphatic heterocycles. The summed E-state index contributed by atoms with van der Waals surface area (Å²) in [5.41, 5.74) is 4.48. The predicted octanol–water partition coefficient (Wildman–Crippen LogP) is 10.1. The lowest BCUT2D eigenvalue weighted by atomic mass is 9.78. The van der Waals surface area contributed by atoms with Gasteiger partial charge < -0.3 is 10.1 Å². The smallest absolute Gasteiger partial charge is 0.0611 e. The van der Waals surface area contributed by atoms with Gasteiger partial charge in [-0.25, -0.2) is 5.01 Å². The van der Waals surface area contributed by atoms with Crippen LogP contribution in [0.4, 0.5) is 0 Å². The molecule has 2 heterocycles. The zero-order valence-electron chi connectivity index (χ0n) is 28.9. The van der Waals surface area contributed by atoms with E-state index in [-0.39, 0.29) is 22.2 Å². The quantitative estimate of drug-likeness (QED) is 0.144. The van der Waals surface area contributed by atoms with Crippen LogP contribution in [0, 0.1) is 0 Å². The molecule has 4 heteroatoms. The van der Waals surface area contributed by atoms with Gasteiger partial charge in [0.25, 0.3) is 0 Å². The molecule has 2 aliphatic rings. The third-order valence-electron chi connectivity index (χ3n) is 9.52. The minimum absolute atomic E-state index is 0.0697. The molecule has 0 unspecified atom stereocenters. The Morgan fingerprint density at radius 1 is 0.575 bits per heavy atom. The fourth-order valence-corrected chi connectivity index (χ4v) is 8.15. The number of ether oxygens (including phenoxy) is 1. The average Bonchev–Trinajstić information content (AvgIpc) is 2.81. The van der Waals surface area contributed by atoms with Crippen molar-refractivity contribution in [1.29, 1.82) is 0 Å². The Kier molecular flexibility index (Phi) is 15.5. The molecule has 0 radical (unpaired) electrons. The average molecular weight is 564 g/mol. The van der Waals surface area contributed by atoms with E-state index in [1.54, 1.807) is 0 Å². The lowest BCUT2D eigenvalue weighted by molar-refractivity contribution is -0.140. The summed E-state index contributed by atoms with van der Waals surface area (Å²) < 4.78 is 6.51. The predicted molar refractivity (Wildman–Crippen MR) is 176 cm³/mol. The number of nitrogens with zero attached hydrogens (tertiary/aromatic N) is 1. The highest BCUT2D eigenvalue weighted by Crippen LogP contribution is 2.39. The lowest BCUT2D eigenvalue weighted by Gasteiger charge is -2.57. The van der Waals surface area contributed by atoms with E-state index in [9.17, 15) is 0 Å². The summed E-state index contributed by atoms with van der Waals surface area (Å²) in [6.07, 6.45) is 27.5. The van der Waals surface area contributed by atoms with Crippen LogP contribution < -0.4 is 10.7 Å². The summed E-state index contributed by atoms with van der Waals surface area (Å²) >= 11 is 0. The maximum absolute atomic E-state index is 6.51. The third-order valence-corrected chi connectivity index (χ3v) is 9.52. The van der Waals surface area contributed by atoms with Crippen LogP contribution in [-0.2, 0) is 4.74 Å². The minimum atomic E-state index is 0.0697. The second-order valence-electron chi connectivity index (χ2n) is 16.3. The first-order valence-corrected chi connectivity index (χ1v) is 17.7. The fraction of sp³-hybridized carbons (Fsp3) is 1.00. The molecule has 0 atom stereocenters. The zero-order valence-corrected chi connectivity index (χ0v) is 28.9. The van der Waals surface area contributed by atoms with Gasteiger partial charge in [-0.2, -0.15) is 0 Å². The number of unbranched alkanes of at least 4 members (excludes halogenated alkanes) is 15. The van der Waals surface area contributed by atoms with Crippen LogP contribution >= 0.6 is 0 Å². The van der Waals surface area contributed by atoms with E-state index < -0.39 is 0 Å². The molecule has 0 aromatic heterocycles. The molecule has 40 heavy (non-hydrogen) atoms. The van der Waals surface area contributed by atoms with Crippen LogP contribution in [0.2, 0.25) is 0 Å². The summed E-state index contributed by atoms with van der Waals surface area (Å²) in [5, 5.41) is 6.43. The van der Waals surface area contributed by atoms with Gasteiger partial charge in [-0.05, 0) is 87.5 Å². The molecule has 0 aromatic carbocycles. The van der Waals surface area contributed by atoms with Crippen LogP contribution in [0.25, 0.3) is 0 Å². The highest BCUT2D eigenvalue weighted by atomic mass is 16.5. The van der Waals surface area contributed by atoms with Crippen molar-refractivity contribution in [2.75, 3.05) is 6.61 Å². The van der Waals surface area contributed by atoms with Crippen LogP contribution in [-0.4, -0.2) is 45.9 Å². The summed E-state index contributed by atoms with van der Waals surface area (Å²) in [6, 6.07) is 0.493. The van der Waals surface area contributed by atoms with Crippen molar-refractivity contribution in [3.8, 4) is 0 Å². The Balaban J connectivity index is 1.55. The van der Waals surface area contributed by atoms with Gasteiger partial charge in [0.05, 0.1) is 6.10 Å². The zero-order chi connectivity index (χ0) is 29.7. The standard InChI is InChI=1S/C36H73N3O/c1-10-11-12-13-14-15-16-17-18-19-20-21-22-23-24-25-26-40-32-29-35(6,7)39(36(8,9)30-32)37-31-27-33(2,3)38-34(4,5)28-31/h31-32,37-38H,10-30H2,1-9H3. The molecule has 0 aromatic rings. The van der Waals surface area contributed by atoms with Crippen LogP contribution in [0.15, 0.2) is 0 Å². The van der Waals surface area contributed by atoms with Crippen LogP contribution in [0.5, 0.6) is 0 Å². The maximum atomic E-state index is 6.51. The monoisotopic (exact) mass is 564 g/mol. The Hall–Kier alpha value is -0.160. The Labute approximate surface area is 251 Å². The number of hydrazine groups is 1. The first-order chi connectivity index (χ1) is 18.8. The van der Waals surface area contributed by atoms with Crippen LogP contribution in [0.1, 0.15) is 191 Å². The molecular weight excluding hydrogens is 490 g/mol. The summed E-state index contributed by atoms with van der Waals surface area (Å²) in [6.45, 7) is 22.2. The highest BCUT2D eigenvalue weighted by Gasteiger charge is 2.48. The van der Waals surface area contributed by atoms with E-state index in [2.05, 4.69) is 78.1 Å². The van der Waals surface area contributed by atoms with E-state index in [1.807, 2.05) is 0 Å². The third kappa shape index (κ3) is 13.9. The van der Waals surface area contributed by atoms with Crippen molar-refractivity contribution in [2.45, 2.75) is 225 Å². The minimum Gasteiger partial charge on any atom is -0.378 e. The summed E-state index contributed by atoms with van der Waals surface area (Å²) in [5.74, 6) is 0. The molecule has 2 rings (SSSR count). The van der Waals surface area contributed by atoms with Gasteiger partial charge in [-0.1, -0.05) is 103 Å². The van der Waals surface area contributed by atoms with Crippen molar-refractivity contribution in [1.82, 2.24) is 15.8 Å².